The maximum atomic E-state index is 12.7. The normalized spacial score (nSPS) is 11.5. The van der Waals surface area contributed by atoms with Gasteiger partial charge in [-0.3, -0.25) is 9.59 Å². The Kier molecular flexibility index (Phi) is 7.92. The zero-order valence-corrected chi connectivity index (χ0v) is 18.0. The summed E-state index contributed by atoms with van der Waals surface area (Å²) < 4.78 is 6.35. The Morgan fingerprint density at radius 1 is 1.12 bits per heavy atom. The van der Waals surface area contributed by atoms with Gasteiger partial charge in [0, 0.05) is 4.90 Å². The molecule has 0 fully saturated rings. The molecule has 3 rings (SSSR count). The number of carbonyl (C=O) groups excluding carboxylic acids is 2. The van der Waals surface area contributed by atoms with E-state index in [4.69, 9.17) is 9.84 Å². The number of aryl methyl sites for hydroxylation is 1. The number of aromatic nitrogens is 4. The number of ketones is 1. The van der Waals surface area contributed by atoms with E-state index >= 15 is 0 Å². The number of ether oxygens (including phenoxy) is 1. The van der Waals surface area contributed by atoms with Gasteiger partial charge in [-0.05, 0) is 46.8 Å². The molecule has 166 valence electrons. The van der Waals surface area contributed by atoms with Gasteiger partial charge in [-0.1, -0.05) is 48.0 Å². The minimum absolute atomic E-state index is 0.00894. The van der Waals surface area contributed by atoms with Crippen molar-refractivity contribution in [3.63, 3.8) is 0 Å². The molecule has 0 bridgehead atoms. The predicted octanol–water partition coefficient (Wildman–Crippen LogP) is 2.47. The molecule has 0 saturated heterocycles. The van der Waals surface area contributed by atoms with Crippen LogP contribution in [0.4, 0.5) is 4.79 Å². The first kappa shape index (κ1) is 22.9. The average Bonchev–Trinajstić information content (AvgIpc) is 3.20. The molecule has 0 spiro atoms. The highest BCUT2D eigenvalue weighted by molar-refractivity contribution is 7.99. The van der Waals surface area contributed by atoms with Crippen LogP contribution in [0.2, 0.25) is 0 Å². The van der Waals surface area contributed by atoms with Crippen molar-refractivity contribution in [3.05, 3.63) is 65.7 Å². The highest BCUT2D eigenvalue weighted by atomic mass is 32.2. The van der Waals surface area contributed by atoms with E-state index in [0.29, 0.717) is 5.16 Å². The van der Waals surface area contributed by atoms with Crippen LogP contribution < -0.4 is 5.32 Å². The van der Waals surface area contributed by atoms with Crippen LogP contribution in [0, 0.1) is 6.92 Å². The van der Waals surface area contributed by atoms with Crippen LogP contribution in [0.3, 0.4) is 0 Å². The summed E-state index contributed by atoms with van der Waals surface area (Å²) in [7, 11) is 0. The van der Waals surface area contributed by atoms with Crippen LogP contribution in [0.25, 0.3) is 0 Å². The molecular weight excluding hydrogens is 434 g/mol. The summed E-state index contributed by atoms with van der Waals surface area (Å²) in [5.41, 5.74) is 1.86. The van der Waals surface area contributed by atoms with Gasteiger partial charge in [0.05, 0.1) is 6.42 Å². The summed E-state index contributed by atoms with van der Waals surface area (Å²) in [6.07, 6.45) is -1.48. The molecule has 1 atom stereocenters. The summed E-state index contributed by atoms with van der Waals surface area (Å²) in [6, 6.07) is 15.4. The van der Waals surface area contributed by atoms with Gasteiger partial charge in [0.25, 0.3) is 0 Å². The Morgan fingerprint density at radius 3 is 2.53 bits per heavy atom. The second-order valence-corrected chi connectivity index (χ2v) is 7.90. The van der Waals surface area contributed by atoms with Gasteiger partial charge in [-0.25, -0.2) is 9.48 Å². The molecule has 3 aromatic rings. The van der Waals surface area contributed by atoms with E-state index < -0.39 is 30.3 Å². The van der Waals surface area contributed by atoms with Gasteiger partial charge in [-0.15, -0.1) is 5.10 Å². The molecule has 0 saturated carbocycles. The lowest BCUT2D eigenvalue weighted by atomic mass is 10.1. The van der Waals surface area contributed by atoms with Crippen molar-refractivity contribution >= 4 is 29.6 Å². The van der Waals surface area contributed by atoms with E-state index in [1.165, 1.54) is 16.4 Å². The molecular formula is C21H21N5O5S. The first-order chi connectivity index (χ1) is 15.4. The molecule has 11 heteroatoms. The first-order valence-corrected chi connectivity index (χ1v) is 10.4. The molecule has 2 N–H and O–H groups in total. The molecule has 0 aliphatic carbocycles. The number of carboxylic acids is 1. The number of hydrogen-bond donors (Lipinski definition) is 2. The first-order valence-electron chi connectivity index (χ1n) is 9.63. The summed E-state index contributed by atoms with van der Waals surface area (Å²) >= 11 is 1.26. The van der Waals surface area contributed by atoms with Crippen LogP contribution in [0.15, 0.2) is 64.6 Å². The lowest BCUT2D eigenvalue weighted by Gasteiger charge is -2.16. The SMILES string of the molecule is Cc1ccc(Sc2nnnn2CC(=O)C(CC(=O)O)NC(=O)OCc2ccccc2)cc1. The zero-order valence-electron chi connectivity index (χ0n) is 17.2. The Bertz CT molecular complexity index is 1070. The van der Waals surface area contributed by atoms with Crippen LogP contribution in [0.1, 0.15) is 17.5 Å². The van der Waals surface area contributed by atoms with Crippen molar-refractivity contribution in [1.29, 1.82) is 0 Å². The van der Waals surface area contributed by atoms with E-state index in [9.17, 15) is 14.4 Å². The molecule has 2 aromatic carbocycles. The third kappa shape index (κ3) is 6.91. The van der Waals surface area contributed by atoms with Crippen molar-refractivity contribution < 1.29 is 24.2 Å². The van der Waals surface area contributed by atoms with Crippen LogP contribution in [-0.4, -0.2) is 49.2 Å². The number of carboxylic acid groups (broad SMARTS) is 1. The summed E-state index contributed by atoms with van der Waals surface area (Å²) in [4.78, 5) is 37.0. The van der Waals surface area contributed by atoms with Crippen molar-refractivity contribution in [3.8, 4) is 0 Å². The second kappa shape index (κ2) is 11.0. The minimum atomic E-state index is -1.29. The van der Waals surface area contributed by atoms with Crippen LogP contribution >= 0.6 is 11.8 Å². The van der Waals surface area contributed by atoms with Gasteiger partial charge < -0.3 is 15.2 Å². The van der Waals surface area contributed by atoms with Crippen molar-refractivity contribution in [2.24, 2.45) is 0 Å². The molecule has 0 radical (unpaired) electrons. The number of hydrogen-bond acceptors (Lipinski definition) is 8. The van der Waals surface area contributed by atoms with E-state index in [1.807, 2.05) is 37.3 Å². The van der Waals surface area contributed by atoms with Crippen LogP contribution in [-0.2, 0) is 27.5 Å². The van der Waals surface area contributed by atoms with Gasteiger partial charge >= 0.3 is 12.1 Å². The number of nitrogens with zero attached hydrogens (tertiary/aromatic N) is 4. The molecule has 32 heavy (non-hydrogen) atoms. The third-order valence-electron chi connectivity index (χ3n) is 4.31. The number of alkyl carbamates (subject to hydrolysis) is 1. The Balaban J connectivity index is 1.62. The highest BCUT2D eigenvalue weighted by Crippen LogP contribution is 2.25. The summed E-state index contributed by atoms with van der Waals surface area (Å²) in [5, 5.41) is 23.2. The number of rotatable bonds is 10. The molecule has 0 aliphatic heterocycles. The second-order valence-electron chi connectivity index (χ2n) is 6.86. The van der Waals surface area contributed by atoms with Gasteiger partial charge in [0.15, 0.2) is 5.78 Å². The molecule has 1 unspecified atom stereocenters. The minimum Gasteiger partial charge on any atom is -0.481 e. The fourth-order valence-electron chi connectivity index (χ4n) is 2.67. The molecule has 1 heterocycles. The van der Waals surface area contributed by atoms with Gasteiger partial charge in [0.1, 0.15) is 19.2 Å². The van der Waals surface area contributed by atoms with Crippen molar-refractivity contribution in [2.45, 2.75) is 42.6 Å². The smallest absolute Gasteiger partial charge is 0.408 e. The van der Waals surface area contributed by atoms with E-state index in [1.54, 1.807) is 24.3 Å². The van der Waals surface area contributed by atoms with Crippen molar-refractivity contribution in [1.82, 2.24) is 25.5 Å². The Morgan fingerprint density at radius 2 is 1.84 bits per heavy atom. The number of carbonyl (C=O) groups is 3. The molecule has 0 aliphatic rings. The Hall–Kier alpha value is -3.73. The lowest BCUT2D eigenvalue weighted by molar-refractivity contribution is -0.139. The average molecular weight is 455 g/mol. The maximum absolute atomic E-state index is 12.7. The largest absolute Gasteiger partial charge is 0.481 e. The lowest BCUT2D eigenvalue weighted by Crippen LogP contribution is -2.44. The number of nitrogens with one attached hydrogen (secondary N) is 1. The van der Waals surface area contributed by atoms with Gasteiger partial charge in [0.2, 0.25) is 5.16 Å². The monoisotopic (exact) mass is 455 g/mol. The predicted molar refractivity (Wildman–Crippen MR) is 114 cm³/mol. The Labute approximate surface area is 188 Å². The molecule has 10 nitrogen and oxygen atoms in total. The quantitative estimate of drug-likeness (QED) is 0.472. The fourth-order valence-corrected chi connectivity index (χ4v) is 3.43. The third-order valence-corrected chi connectivity index (χ3v) is 5.29. The number of benzene rings is 2. The van der Waals surface area contributed by atoms with E-state index in [-0.39, 0.29) is 13.2 Å². The summed E-state index contributed by atoms with van der Waals surface area (Å²) in [6.45, 7) is 1.65. The number of Topliss-reactive ketones (excluding diaryl/α,β-unsaturated/α-hetero) is 1. The number of aliphatic carboxylic acids is 1. The standard InChI is InChI=1S/C21H21N5O5S/c1-14-7-9-16(10-8-14)32-20-23-24-25-26(20)12-18(27)17(11-19(28)29)22-21(30)31-13-15-5-3-2-4-6-15/h2-10,17H,11-13H2,1H3,(H,22,30)(H,28,29). The maximum Gasteiger partial charge on any atom is 0.408 e. The zero-order chi connectivity index (χ0) is 22.9. The van der Waals surface area contributed by atoms with Crippen LogP contribution in [0.5, 0.6) is 0 Å². The summed E-state index contributed by atoms with van der Waals surface area (Å²) in [5.74, 6) is -1.81. The molecule has 1 aromatic heterocycles. The topological polar surface area (TPSA) is 136 Å². The van der Waals surface area contributed by atoms with Crippen molar-refractivity contribution in [2.75, 3.05) is 0 Å². The fraction of sp³-hybridized carbons (Fsp3) is 0.238. The van der Waals surface area contributed by atoms with E-state index in [0.717, 1.165) is 16.0 Å². The highest BCUT2D eigenvalue weighted by Gasteiger charge is 2.26. The van der Waals surface area contributed by atoms with Gasteiger partial charge in [-0.2, -0.15) is 0 Å². The number of amides is 1. The molecule has 1 amide bonds. The number of tetrazole rings is 1. The van der Waals surface area contributed by atoms with E-state index in [2.05, 4.69) is 20.8 Å².